The van der Waals surface area contributed by atoms with Gasteiger partial charge in [-0.05, 0) is 39.0 Å². The van der Waals surface area contributed by atoms with Gasteiger partial charge in [-0.2, -0.15) is 17.4 Å². The topological polar surface area (TPSA) is 69.6 Å². The van der Waals surface area contributed by atoms with E-state index in [9.17, 15) is 13.5 Å². The third kappa shape index (κ3) is 3.16. The normalized spacial score (nSPS) is 33.6. The van der Waals surface area contributed by atoms with E-state index in [4.69, 9.17) is 0 Å². The minimum atomic E-state index is -3.32. The maximum Gasteiger partial charge on any atom is 0.279 e. The SMILES string of the molecule is CC1(O)CCCN(S(=O)(=O)NC2CC2)CC1. The average Bonchev–Trinajstić information content (AvgIpc) is 2.92. The molecule has 6 heteroatoms. The number of hydrogen-bond donors (Lipinski definition) is 2. The van der Waals surface area contributed by atoms with E-state index < -0.39 is 15.8 Å². The molecule has 1 heterocycles. The Morgan fingerprint density at radius 3 is 2.62 bits per heavy atom. The van der Waals surface area contributed by atoms with Gasteiger partial charge in [0.1, 0.15) is 0 Å². The fourth-order valence-electron chi connectivity index (χ4n) is 1.97. The molecule has 2 rings (SSSR count). The lowest BCUT2D eigenvalue weighted by Gasteiger charge is -2.22. The largest absolute Gasteiger partial charge is 0.390 e. The first-order valence-corrected chi connectivity index (χ1v) is 7.33. The van der Waals surface area contributed by atoms with Crippen molar-refractivity contribution in [2.24, 2.45) is 0 Å². The zero-order valence-electron chi connectivity index (χ0n) is 9.65. The van der Waals surface area contributed by atoms with Gasteiger partial charge >= 0.3 is 0 Å². The van der Waals surface area contributed by atoms with Gasteiger partial charge in [0.2, 0.25) is 0 Å². The number of nitrogens with one attached hydrogen (secondary N) is 1. The summed E-state index contributed by atoms with van der Waals surface area (Å²) in [5.74, 6) is 0. The second-order valence-corrected chi connectivity index (χ2v) is 6.85. The molecular formula is C10H20N2O3S. The summed E-state index contributed by atoms with van der Waals surface area (Å²) in [4.78, 5) is 0. The van der Waals surface area contributed by atoms with Crippen molar-refractivity contribution in [3.8, 4) is 0 Å². The van der Waals surface area contributed by atoms with E-state index >= 15 is 0 Å². The zero-order valence-corrected chi connectivity index (χ0v) is 10.5. The Bertz CT molecular complexity index is 349. The van der Waals surface area contributed by atoms with Crippen molar-refractivity contribution in [3.63, 3.8) is 0 Å². The molecule has 94 valence electrons. The smallest absolute Gasteiger partial charge is 0.279 e. The molecule has 16 heavy (non-hydrogen) atoms. The van der Waals surface area contributed by atoms with Crippen LogP contribution in [0.15, 0.2) is 0 Å². The van der Waals surface area contributed by atoms with Crippen LogP contribution in [0.5, 0.6) is 0 Å². The number of nitrogens with zero attached hydrogens (tertiary/aromatic N) is 1. The highest BCUT2D eigenvalue weighted by Crippen LogP contribution is 2.24. The first-order chi connectivity index (χ1) is 7.39. The predicted molar refractivity (Wildman–Crippen MR) is 61.1 cm³/mol. The van der Waals surface area contributed by atoms with Crippen LogP contribution >= 0.6 is 0 Å². The molecular weight excluding hydrogens is 228 g/mol. The molecule has 1 saturated heterocycles. The fourth-order valence-corrected chi connectivity index (χ4v) is 3.47. The van der Waals surface area contributed by atoms with Crippen molar-refractivity contribution in [1.82, 2.24) is 9.03 Å². The van der Waals surface area contributed by atoms with Gasteiger partial charge in [-0.1, -0.05) is 0 Å². The second kappa shape index (κ2) is 4.25. The Kier molecular flexibility index (Phi) is 3.27. The van der Waals surface area contributed by atoms with Crippen LogP contribution < -0.4 is 4.72 Å². The lowest BCUT2D eigenvalue weighted by Crippen LogP contribution is -2.42. The van der Waals surface area contributed by atoms with Crippen LogP contribution in [-0.4, -0.2) is 42.6 Å². The van der Waals surface area contributed by atoms with E-state index in [-0.39, 0.29) is 6.04 Å². The summed E-state index contributed by atoms with van der Waals surface area (Å²) in [6.07, 6.45) is 3.80. The summed E-state index contributed by atoms with van der Waals surface area (Å²) in [6.45, 7) is 2.70. The highest BCUT2D eigenvalue weighted by atomic mass is 32.2. The van der Waals surface area contributed by atoms with Crippen LogP contribution in [0.4, 0.5) is 0 Å². The van der Waals surface area contributed by atoms with Gasteiger partial charge in [-0.25, -0.2) is 0 Å². The maximum absolute atomic E-state index is 11.9. The molecule has 0 radical (unpaired) electrons. The fraction of sp³-hybridized carbons (Fsp3) is 1.00. The second-order valence-electron chi connectivity index (χ2n) is 5.15. The van der Waals surface area contributed by atoms with Gasteiger partial charge in [0.25, 0.3) is 10.2 Å². The van der Waals surface area contributed by atoms with E-state index in [2.05, 4.69) is 4.72 Å². The van der Waals surface area contributed by atoms with Gasteiger partial charge in [0, 0.05) is 19.1 Å². The van der Waals surface area contributed by atoms with Gasteiger partial charge < -0.3 is 5.11 Å². The van der Waals surface area contributed by atoms with Crippen LogP contribution in [0.1, 0.15) is 39.0 Å². The van der Waals surface area contributed by atoms with Gasteiger partial charge in [0.05, 0.1) is 5.60 Å². The van der Waals surface area contributed by atoms with Crippen molar-refractivity contribution in [2.45, 2.75) is 50.7 Å². The van der Waals surface area contributed by atoms with E-state index in [1.165, 1.54) is 4.31 Å². The van der Waals surface area contributed by atoms with Crippen molar-refractivity contribution in [2.75, 3.05) is 13.1 Å². The third-order valence-electron chi connectivity index (χ3n) is 3.26. The van der Waals surface area contributed by atoms with Crippen molar-refractivity contribution < 1.29 is 13.5 Å². The first kappa shape index (κ1) is 12.3. The zero-order chi connectivity index (χ0) is 11.8. The monoisotopic (exact) mass is 248 g/mol. The third-order valence-corrected chi connectivity index (χ3v) is 4.93. The average molecular weight is 248 g/mol. The molecule has 1 atom stereocenters. The Hall–Kier alpha value is -0.170. The maximum atomic E-state index is 11.9. The van der Waals surface area contributed by atoms with Gasteiger partial charge in [-0.3, -0.25) is 0 Å². The molecule has 2 aliphatic rings. The number of rotatable bonds is 3. The Morgan fingerprint density at radius 2 is 2.00 bits per heavy atom. The van der Waals surface area contributed by atoms with Crippen molar-refractivity contribution in [3.05, 3.63) is 0 Å². The molecule has 2 N–H and O–H groups in total. The number of aliphatic hydroxyl groups is 1. The van der Waals surface area contributed by atoms with Gasteiger partial charge in [-0.15, -0.1) is 0 Å². The van der Waals surface area contributed by atoms with Crippen molar-refractivity contribution >= 4 is 10.2 Å². The molecule has 1 unspecified atom stereocenters. The highest BCUT2D eigenvalue weighted by Gasteiger charge is 2.34. The summed E-state index contributed by atoms with van der Waals surface area (Å²) in [6, 6.07) is 0.147. The summed E-state index contributed by atoms with van der Waals surface area (Å²) >= 11 is 0. The van der Waals surface area contributed by atoms with E-state index in [1.54, 1.807) is 6.92 Å². The molecule has 0 aromatic rings. The van der Waals surface area contributed by atoms with Crippen LogP contribution in [0.2, 0.25) is 0 Å². The molecule has 0 aromatic carbocycles. The van der Waals surface area contributed by atoms with Crippen LogP contribution in [0, 0.1) is 0 Å². The van der Waals surface area contributed by atoms with Crippen LogP contribution in [0.3, 0.4) is 0 Å². The molecule has 2 fully saturated rings. The molecule has 1 saturated carbocycles. The lowest BCUT2D eigenvalue weighted by atomic mass is 9.98. The van der Waals surface area contributed by atoms with Crippen molar-refractivity contribution in [1.29, 1.82) is 0 Å². The minimum Gasteiger partial charge on any atom is -0.390 e. The quantitative estimate of drug-likeness (QED) is 0.750. The molecule has 0 spiro atoms. The summed E-state index contributed by atoms with van der Waals surface area (Å²) < 4.78 is 28.0. The number of hydrogen-bond acceptors (Lipinski definition) is 3. The molecule has 1 aliphatic carbocycles. The summed E-state index contributed by atoms with van der Waals surface area (Å²) in [5.41, 5.74) is -0.718. The highest BCUT2D eigenvalue weighted by molar-refractivity contribution is 7.87. The van der Waals surface area contributed by atoms with Gasteiger partial charge in [0.15, 0.2) is 0 Å². The molecule has 0 bridgehead atoms. The van der Waals surface area contributed by atoms with E-state index in [0.29, 0.717) is 25.9 Å². The molecule has 1 aliphatic heterocycles. The van der Waals surface area contributed by atoms with Crippen LogP contribution in [0.25, 0.3) is 0 Å². The predicted octanol–water partition coefficient (Wildman–Crippen LogP) is 0.220. The Morgan fingerprint density at radius 1 is 1.31 bits per heavy atom. The summed E-state index contributed by atoms with van der Waals surface area (Å²) in [7, 11) is -3.32. The van der Waals surface area contributed by atoms with Crippen LogP contribution in [-0.2, 0) is 10.2 Å². The lowest BCUT2D eigenvalue weighted by molar-refractivity contribution is 0.0465. The minimum absolute atomic E-state index is 0.147. The summed E-state index contributed by atoms with van der Waals surface area (Å²) in [5, 5.41) is 9.89. The molecule has 5 nitrogen and oxygen atoms in total. The van der Waals surface area contributed by atoms with E-state index in [0.717, 1.165) is 19.3 Å². The standard InChI is InChI=1S/C10H20N2O3S/c1-10(13)5-2-7-12(8-6-10)16(14,15)11-9-3-4-9/h9,11,13H,2-8H2,1H3. The molecule has 0 aromatic heterocycles. The Balaban J connectivity index is 1.98. The Labute approximate surface area is 97.0 Å². The molecule has 0 amide bonds. The first-order valence-electron chi connectivity index (χ1n) is 5.89. The van der Waals surface area contributed by atoms with E-state index in [1.807, 2.05) is 0 Å².